The fourth-order valence-corrected chi connectivity index (χ4v) is 3.25. The lowest BCUT2D eigenvalue weighted by Gasteiger charge is -2.11. The molecule has 0 bridgehead atoms. The average molecular weight is 494 g/mol. The van der Waals surface area contributed by atoms with Gasteiger partial charge in [0.05, 0.1) is 23.3 Å². The van der Waals surface area contributed by atoms with Gasteiger partial charge < -0.3 is 9.73 Å². The zero-order valence-corrected chi connectivity index (χ0v) is 18.0. The predicted octanol–water partition coefficient (Wildman–Crippen LogP) is 2.84. The number of fused-ring (bicyclic) bond motifs is 1. The van der Waals surface area contributed by atoms with E-state index in [0.717, 1.165) is 5.56 Å². The first-order valence-electron chi connectivity index (χ1n) is 9.44. The lowest BCUT2D eigenvalue weighted by atomic mass is 10.0. The molecule has 0 spiro atoms. The maximum atomic E-state index is 12.8. The van der Waals surface area contributed by atoms with Crippen LogP contribution in [-0.2, 0) is 4.79 Å². The molecule has 3 amide bonds. The van der Waals surface area contributed by atoms with Gasteiger partial charge in [-0.15, -0.1) is 0 Å². The van der Waals surface area contributed by atoms with Crippen LogP contribution in [-0.4, -0.2) is 34.2 Å². The first-order chi connectivity index (χ1) is 15.5. The van der Waals surface area contributed by atoms with E-state index in [4.69, 9.17) is 4.42 Å². The van der Waals surface area contributed by atoms with E-state index in [2.05, 4.69) is 42.1 Å². The van der Waals surface area contributed by atoms with Crippen LogP contribution in [0.1, 0.15) is 20.9 Å². The number of amides is 3. The Balaban J connectivity index is 1.45. The van der Waals surface area contributed by atoms with E-state index in [1.165, 1.54) is 6.07 Å². The molecule has 4 rings (SSSR count). The van der Waals surface area contributed by atoms with E-state index in [0.29, 0.717) is 26.8 Å². The SMILES string of the molecule is O=C(CNC(=O)c1ccc(Br)o1)NNC(=O)c1cc(-c2cccnc2)nc2ccccc12. The zero-order valence-electron chi connectivity index (χ0n) is 16.5. The fourth-order valence-electron chi connectivity index (χ4n) is 2.95. The quantitative estimate of drug-likeness (QED) is 0.367. The number of pyridine rings is 2. The second-order valence-corrected chi connectivity index (χ2v) is 7.38. The number of nitrogens with one attached hydrogen (secondary N) is 3. The molecule has 3 heterocycles. The number of furan rings is 1. The normalized spacial score (nSPS) is 10.5. The summed E-state index contributed by atoms with van der Waals surface area (Å²) >= 11 is 3.10. The minimum atomic E-state index is -0.608. The highest BCUT2D eigenvalue weighted by Crippen LogP contribution is 2.24. The van der Waals surface area contributed by atoms with E-state index in [-0.39, 0.29) is 12.3 Å². The minimum Gasteiger partial charge on any atom is -0.444 e. The van der Waals surface area contributed by atoms with E-state index >= 15 is 0 Å². The van der Waals surface area contributed by atoms with Crippen LogP contribution in [0.25, 0.3) is 22.2 Å². The molecule has 32 heavy (non-hydrogen) atoms. The molecular formula is C22H16BrN5O4. The summed E-state index contributed by atoms with van der Waals surface area (Å²) in [5, 5.41) is 3.03. The van der Waals surface area contributed by atoms with Crippen molar-refractivity contribution in [1.29, 1.82) is 0 Å². The van der Waals surface area contributed by atoms with Gasteiger partial charge in [0.2, 0.25) is 0 Å². The maximum Gasteiger partial charge on any atom is 0.287 e. The Kier molecular flexibility index (Phi) is 6.22. The second kappa shape index (κ2) is 9.40. The average Bonchev–Trinajstić information content (AvgIpc) is 3.27. The zero-order chi connectivity index (χ0) is 22.5. The van der Waals surface area contributed by atoms with Crippen molar-refractivity contribution in [2.45, 2.75) is 0 Å². The summed E-state index contributed by atoms with van der Waals surface area (Å²) in [6.45, 7) is -0.352. The molecule has 0 unspecified atom stereocenters. The van der Waals surface area contributed by atoms with Gasteiger partial charge in [-0.3, -0.25) is 30.2 Å². The van der Waals surface area contributed by atoms with E-state index in [9.17, 15) is 14.4 Å². The standard InChI is InChI=1S/C22H16BrN5O4/c23-19-8-7-18(32-19)22(31)25-12-20(29)27-28-21(30)15-10-17(13-4-3-9-24-11-13)26-16-6-2-1-5-14(15)16/h1-11H,12H2,(H,25,31)(H,27,29)(H,28,30). The molecule has 3 aromatic heterocycles. The summed E-state index contributed by atoms with van der Waals surface area (Å²) in [5.74, 6) is -1.63. The van der Waals surface area contributed by atoms with Crippen molar-refractivity contribution in [2.75, 3.05) is 6.54 Å². The first-order valence-corrected chi connectivity index (χ1v) is 10.2. The number of carbonyl (C=O) groups is 3. The number of carbonyl (C=O) groups excluding carboxylic acids is 3. The molecule has 0 fully saturated rings. The number of para-hydroxylation sites is 1. The topological polar surface area (TPSA) is 126 Å². The number of nitrogens with zero attached hydrogens (tertiary/aromatic N) is 2. The smallest absolute Gasteiger partial charge is 0.287 e. The second-order valence-electron chi connectivity index (χ2n) is 6.60. The monoisotopic (exact) mass is 493 g/mol. The van der Waals surface area contributed by atoms with E-state index < -0.39 is 17.7 Å². The molecule has 10 heteroatoms. The Bertz CT molecular complexity index is 1310. The summed E-state index contributed by atoms with van der Waals surface area (Å²) in [4.78, 5) is 45.5. The molecule has 4 aromatic rings. The number of hydrogen-bond donors (Lipinski definition) is 3. The van der Waals surface area contributed by atoms with Crippen molar-refractivity contribution in [3.63, 3.8) is 0 Å². The van der Waals surface area contributed by atoms with Crippen LogP contribution in [0.3, 0.4) is 0 Å². The van der Waals surface area contributed by atoms with Gasteiger partial charge in [0.25, 0.3) is 17.7 Å². The summed E-state index contributed by atoms with van der Waals surface area (Å²) < 4.78 is 5.51. The van der Waals surface area contributed by atoms with Gasteiger partial charge in [-0.2, -0.15) is 0 Å². The molecule has 9 nitrogen and oxygen atoms in total. The number of rotatable bonds is 5. The van der Waals surface area contributed by atoms with Gasteiger partial charge in [0, 0.05) is 23.3 Å². The lowest BCUT2D eigenvalue weighted by Crippen LogP contribution is -2.46. The first kappa shape index (κ1) is 21.2. The van der Waals surface area contributed by atoms with E-state index in [1.54, 1.807) is 48.8 Å². The predicted molar refractivity (Wildman–Crippen MR) is 119 cm³/mol. The van der Waals surface area contributed by atoms with Crippen LogP contribution in [0, 0.1) is 0 Å². The van der Waals surface area contributed by atoms with Crippen LogP contribution in [0.2, 0.25) is 0 Å². The molecule has 0 saturated carbocycles. The number of halogens is 1. The molecule has 1 aromatic carbocycles. The highest BCUT2D eigenvalue weighted by molar-refractivity contribution is 9.10. The van der Waals surface area contributed by atoms with Crippen molar-refractivity contribution in [3.05, 3.63) is 83.0 Å². The molecule has 0 aliphatic rings. The highest BCUT2D eigenvalue weighted by atomic mass is 79.9. The van der Waals surface area contributed by atoms with Crippen molar-refractivity contribution in [3.8, 4) is 11.3 Å². The van der Waals surface area contributed by atoms with Gasteiger partial charge in [-0.1, -0.05) is 18.2 Å². The van der Waals surface area contributed by atoms with Gasteiger partial charge in [0.1, 0.15) is 0 Å². The Labute approximate surface area is 190 Å². The Morgan fingerprint density at radius 1 is 0.969 bits per heavy atom. The molecule has 0 aliphatic heterocycles. The molecule has 160 valence electrons. The molecule has 0 saturated heterocycles. The molecule has 0 atom stereocenters. The summed E-state index contributed by atoms with van der Waals surface area (Å²) in [6.07, 6.45) is 3.30. The van der Waals surface area contributed by atoms with Crippen molar-refractivity contribution in [2.24, 2.45) is 0 Å². The van der Waals surface area contributed by atoms with Crippen LogP contribution < -0.4 is 16.2 Å². The summed E-state index contributed by atoms with van der Waals surface area (Å²) in [5.41, 5.74) is 6.95. The Morgan fingerprint density at radius 3 is 2.56 bits per heavy atom. The Morgan fingerprint density at radius 2 is 1.81 bits per heavy atom. The molecule has 0 radical (unpaired) electrons. The summed E-state index contributed by atoms with van der Waals surface area (Å²) in [7, 11) is 0. The van der Waals surface area contributed by atoms with Crippen LogP contribution in [0.15, 0.2) is 76.1 Å². The van der Waals surface area contributed by atoms with Crippen LogP contribution in [0.5, 0.6) is 0 Å². The highest BCUT2D eigenvalue weighted by Gasteiger charge is 2.16. The Hall–Kier alpha value is -4.05. The van der Waals surface area contributed by atoms with Crippen molar-refractivity contribution < 1.29 is 18.8 Å². The fraction of sp³-hybridized carbons (Fsp3) is 0.0455. The molecule has 0 aliphatic carbocycles. The third-order valence-corrected chi connectivity index (χ3v) is 4.87. The van der Waals surface area contributed by atoms with Crippen molar-refractivity contribution >= 4 is 44.6 Å². The van der Waals surface area contributed by atoms with Crippen LogP contribution in [0.4, 0.5) is 0 Å². The van der Waals surface area contributed by atoms with Gasteiger partial charge >= 0.3 is 0 Å². The third kappa shape index (κ3) is 4.81. The van der Waals surface area contributed by atoms with E-state index in [1.807, 2.05) is 12.1 Å². The van der Waals surface area contributed by atoms with Gasteiger partial charge in [-0.05, 0) is 52.3 Å². The number of benzene rings is 1. The number of aromatic nitrogens is 2. The van der Waals surface area contributed by atoms with Crippen molar-refractivity contribution in [1.82, 2.24) is 26.1 Å². The number of hydrazine groups is 1. The van der Waals surface area contributed by atoms with Gasteiger partial charge in [-0.25, -0.2) is 4.98 Å². The maximum absolute atomic E-state index is 12.8. The minimum absolute atomic E-state index is 0.0555. The summed E-state index contributed by atoms with van der Waals surface area (Å²) in [6, 6.07) is 15.5. The molecule has 3 N–H and O–H groups in total. The number of hydrogen-bond acceptors (Lipinski definition) is 6. The van der Waals surface area contributed by atoms with Gasteiger partial charge in [0.15, 0.2) is 10.4 Å². The van der Waals surface area contributed by atoms with Crippen LogP contribution >= 0.6 is 15.9 Å². The third-order valence-electron chi connectivity index (χ3n) is 4.44. The largest absolute Gasteiger partial charge is 0.444 e. The molecular weight excluding hydrogens is 478 g/mol. The lowest BCUT2D eigenvalue weighted by molar-refractivity contribution is -0.120.